The largest absolute Gasteiger partial charge is 0.388 e. The molecule has 0 aliphatic heterocycles. The van der Waals surface area contributed by atoms with Crippen molar-refractivity contribution in [3.05, 3.63) is 53.1 Å². The number of ketones is 1. The molecule has 138 valence electrons. The van der Waals surface area contributed by atoms with Gasteiger partial charge in [-0.2, -0.15) is 0 Å². The van der Waals surface area contributed by atoms with Crippen molar-refractivity contribution in [1.82, 2.24) is 14.1 Å². The van der Waals surface area contributed by atoms with Crippen LogP contribution in [0.2, 0.25) is 0 Å². The predicted molar refractivity (Wildman–Crippen MR) is 103 cm³/mol. The lowest BCUT2D eigenvalue weighted by Crippen LogP contribution is -2.14. The fraction of sp³-hybridized carbons (Fsp3) is 0.429. The number of hydrogen-bond donors (Lipinski definition) is 1. The molecule has 0 bridgehead atoms. The van der Waals surface area contributed by atoms with Gasteiger partial charge in [0.25, 0.3) is 0 Å². The van der Waals surface area contributed by atoms with Crippen LogP contribution in [-0.2, 0) is 19.7 Å². The van der Waals surface area contributed by atoms with Crippen molar-refractivity contribution in [1.29, 1.82) is 0 Å². The van der Waals surface area contributed by atoms with Crippen molar-refractivity contribution in [2.75, 3.05) is 0 Å². The van der Waals surface area contributed by atoms with E-state index in [1.807, 2.05) is 41.8 Å². The highest BCUT2D eigenvalue weighted by atomic mass is 16.3. The Balaban J connectivity index is 1.91. The van der Waals surface area contributed by atoms with Crippen LogP contribution in [0.15, 0.2) is 30.3 Å². The van der Waals surface area contributed by atoms with Gasteiger partial charge in [-0.25, -0.2) is 4.98 Å². The zero-order valence-electron chi connectivity index (χ0n) is 16.0. The van der Waals surface area contributed by atoms with Crippen LogP contribution < -0.4 is 0 Å². The van der Waals surface area contributed by atoms with E-state index in [1.165, 1.54) is 0 Å². The second-order valence-corrected chi connectivity index (χ2v) is 7.30. The standard InChI is InChI=1S/C21H27N3O2/c1-14(2)9-10-23-15(3)11-17(16(23)4)20(26)12-24-19-8-6-5-7-18(19)22-21(24)13-25/h5-8,11,14,25H,9-10,12-13H2,1-4H3. The second-order valence-electron chi connectivity index (χ2n) is 7.30. The van der Waals surface area contributed by atoms with E-state index in [9.17, 15) is 9.90 Å². The molecule has 1 N–H and O–H groups in total. The molecule has 0 amide bonds. The first kappa shape index (κ1) is 18.4. The van der Waals surface area contributed by atoms with Gasteiger partial charge >= 0.3 is 0 Å². The van der Waals surface area contributed by atoms with Gasteiger partial charge in [0.05, 0.1) is 17.6 Å². The first-order chi connectivity index (χ1) is 12.4. The third kappa shape index (κ3) is 3.44. The summed E-state index contributed by atoms with van der Waals surface area (Å²) in [6, 6.07) is 9.64. The molecule has 0 unspecified atom stereocenters. The molecular formula is C21H27N3O2. The first-order valence-electron chi connectivity index (χ1n) is 9.17. The summed E-state index contributed by atoms with van der Waals surface area (Å²) >= 11 is 0. The number of rotatable bonds is 7. The average molecular weight is 353 g/mol. The zero-order valence-corrected chi connectivity index (χ0v) is 16.0. The maximum atomic E-state index is 13.0. The minimum Gasteiger partial charge on any atom is -0.388 e. The molecular weight excluding hydrogens is 326 g/mol. The van der Waals surface area contributed by atoms with Gasteiger partial charge < -0.3 is 14.2 Å². The number of imidazole rings is 1. The zero-order chi connectivity index (χ0) is 18.8. The van der Waals surface area contributed by atoms with E-state index >= 15 is 0 Å². The second kappa shape index (κ2) is 7.46. The number of aromatic nitrogens is 3. The quantitative estimate of drug-likeness (QED) is 0.656. The molecule has 5 nitrogen and oxygen atoms in total. The molecule has 0 fully saturated rings. The van der Waals surface area contributed by atoms with Crippen molar-refractivity contribution in [3.8, 4) is 0 Å². The number of carbonyl (C=O) groups is 1. The van der Waals surface area contributed by atoms with Gasteiger partial charge in [-0.15, -0.1) is 0 Å². The Hall–Kier alpha value is -2.40. The minimum atomic E-state index is -0.185. The molecule has 2 heterocycles. The highest BCUT2D eigenvalue weighted by molar-refractivity contribution is 5.98. The normalized spacial score (nSPS) is 11.6. The van der Waals surface area contributed by atoms with E-state index in [1.54, 1.807) is 0 Å². The molecule has 1 aromatic carbocycles. The number of aryl methyl sites for hydroxylation is 1. The maximum Gasteiger partial charge on any atom is 0.184 e. The van der Waals surface area contributed by atoms with Gasteiger partial charge in [-0.1, -0.05) is 26.0 Å². The molecule has 0 aliphatic carbocycles. The number of fused-ring (bicyclic) bond motifs is 1. The SMILES string of the molecule is Cc1cc(C(=O)Cn2c(CO)nc3ccccc32)c(C)n1CCC(C)C. The molecule has 2 aromatic heterocycles. The first-order valence-corrected chi connectivity index (χ1v) is 9.17. The summed E-state index contributed by atoms with van der Waals surface area (Å²) in [6.07, 6.45) is 1.09. The molecule has 3 rings (SSSR count). The number of para-hydroxylation sites is 2. The number of carbonyl (C=O) groups excluding carboxylic acids is 1. The van der Waals surface area contributed by atoms with Gasteiger partial charge in [0.2, 0.25) is 0 Å². The third-order valence-electron chi connectivity index (χ3n) is 4.98. The summed E-state index contributed by atoms with van der Waals surface area (Å²) in [4.78, 5) is 17.4. The van der Waals surface area contributed by atoms with Crippen LogP contribution >= 0.6 is 0 Å². The van der Waals surface area contributed by atoms with Crippen LogP contribution in [0.5, 0.6) is 0 Å². The molecule has 0 atom stereocenters. The monoisotopic (exact) mass is 353 g/mol. The van der Waals surface area contributed by atoms with Gasteiger partial charge in [-0.05, 0) is 44.4 Å². The smallest absolute Gasteiger partial charge is 0.184 e. The van der Waals surface area contributed by atoms with E-state index in [4.69, 9.17) is 0 Å². The van der Waals surface area contributed by atoms with Gasteiger partial charge in [-0.3, -0.25) is 4.79 Å². The van der Waals surface area contributed by atoms with Crippen molar-refractivity contribution < 1.29 is 9.90 Å². The summed E-state index contributed by atoms with van der Waals surface area (Å²) < 4.78 is 4.05. The number of benzene rings is 1. The highest BCUT2D eigenvalue weighted by Gasteiger charge is 2.19. The van der Waals surface area contributed by atoms with Crippen LogP contribution in [0, 0.1) is 19.8 Å². The highest BCUT2D eigenvalue weighted by Crippen LogP contribution is 2.21. The summed E-state index contributed by atoms with van der Waals surface area (Å²) in [6.45, 7) is 9.41. The lowest BCUT2D eigenvalue weighted by molar-refractivity contribution is 0.0970. The average Bonchev–Trinajstić information content (AvgIpc) is 3.10. The Morgan fingerprint density at radius 1 is 1.19 bits per heavy atom. The van der Waals surface area contributed by atoms with Crippen LogP contribution in [0.25, 0.3) is 11.0 Å². The van der Waals surface area contributed by atoms with Gasteiger partial charge in [0.15, 0.2) is 5.78 Å². The Labute approximate surface area is 154 Å². The van der Waals surface area contributed by atoms with E-state index in [2.05, 4.69) is 30.3 Å². The summed E-state index contributed by atoms with van der Waals surface area (Å²) in [5, 5.41) is 9.63. The van der Waals surface area contributed by atoms with E-state index < -0.39 is 0 Å². The maximum absolute atomic E-state index is 13.0. The lowest BCUT2D eigenvalue weighted by atomic mass is 10.1. The molecule has 26 heavy (non-hydrogen) atoms. The van der Waals surface area contributed by atoms with E-state index in [0.717, 1.165) is 41.0 Å². The molecule has 5 heteroatoms. The Bertz CT molecular complexity index is 934. The van der Waals surface area contributed by atoms with Crippen molar-refractivity contribution >= 4 is 16.8 Å². The molecule has 3 aromatic rings. The number of aliphatic hydroxyl groups excluding tert-OH is 1. The van der Waals surface area contributed by atoms with Crippen LogP contribution in [-0.4, -0.2) is 25.0 Å². The van der Waals surface area contributed by atoms with Crippen LogP contribution in [0.4, 0.5) is 0 Å². The summed E-state index contributed by atoms with van der Waals surface area (Å²) in [7, 11) is 0. The fourth-order valence-corrected chi connectivity index (χ4v) is 3.47. The van der Waals surface area contributed by atoms with Crippen LogP contribution in [0.3, 0.4) is 0 Å². The van der Waals surface area contributed by atoms with Crippen molar-refractivity contribution in [2.24, 2.45) is 5.92 Å². The van der Waals surface area contributed by atoms with Crippen LogP contribution in [0.1, 0.15) is 47.8 Å². The lowest BCUT2D eigenvalue weighted by Gasteiger charge is -2.12. The Morgan fingerprint density at radius 3 is 2.62 bits per heavy atom. The molecule has 0 radical (unpaired) electrons. The molecule has 0 saturated heterocycles. The molecule has 0 spiro atoms. The minimum absolute atomic E-state index is 0.0479. The number of hydrogen-bond acceptors (Lipinski definition) is 3. The summed E-state index contributed by atoms with van der Waals surface area (Å²) in [5.74, 6) is 1.19. The van der Waals surface area contributed by atoms with Gasteiger partial charge in [0, 0.05) is 23.5 Å². The topological polar surface area (TPSA) is 60.1 Å². The summed E-state index contributed by atoms with van der Waals surface area (Å²) in [5.41, 5.74) is 4.56. The van der Waals surface area contributed by atoms with E-state index in [0.29, 0.717) is 11.7 Å². The van der Waals surface area contributed by atoms with Crippen molar-refractivity contribution in [3.63, 3.8) is 0 Å². The Kier molecular flexibility index (Phi) is 5.28. The number of aliphatic hydroxyl groups is 1. The fourth-order valence-electron chi connectivity index (χ4n) is 3.47. The van der Waals surface area contributed by atoms with Crippen molar-refractivity contribution in [2.45, 2.75) is 53.8 Å². The molecule has 0 saturated carbocycles. The number of nitrogens with zero attached hydrogens (tertiary/aromatic N) is 3. The van der Waals surface area contributed by atoms with Gasteiger partial charge in [0.1, 0.15) is 12.4 Å². The predicted octanol–water partition coefficient (Wildman–Crippen LogP) is 3.88. The Morgan fingerprint density at radius 2 is 1.92 bits per heavy atom. The third-order valence-corrected chi connectivity index (χ3v) is 4.98. The number of Topliss-reactive ketones (excluding diaryl/α,β-unsaturated/α-hetero) is 1. The van der Waals surface area contributed by atoms with E-state index in [-0.39, 0.29) is 18.9 Å². The molecule has 0 aliphatic rings.